The number of nitrogens with two attached hydrogens (primary N) is 1. The molecule has 0 heterocycles. The van der Waals surface area contributed by atoms with Crippen LogP contribution in [0.25, 0.3) is 0 Å². The third-order valence-electron chi connectivity index (χ3n) is 1.61. The summed E-state index contributed by atoms with van der Waals surface area (Å²) in [5.41, 5.74) is 4.71. The summed E-state index contributed by atoms with van der Waals surface area (Å²) in [6, 6.07) is 0. The predicted octanol–water partition coefficient (Wildman–Crippen LogP) is -0.192. The zero-order valence-corrected chi connectivity index (χ0v) is 4.60. The number of rotatable bonds is 2. The second-order valence-electron chi connectivity index (χ2n) is 2.38. The lowest BCUT2D eigenvalue weighted by atomic mass is 10.2. The van der Waals surface area contributed by atoms with Crippen molar-refractivity contribution >= 4 is 0 Å². The fraction of sp³-hybridized carbons (Fsp3) is 1.00. The van der Waals surface area contributed by atoms with E-state index in [1.165, 1.54) is 0 Å². The molecule has 0 aromatic rings. The van der Waals surface area contributed by atoms with Gasteiger partial charge in [0, 0.05) is 5.54 Å². The molecular weight excluding hydrogens is 109 g/mol. The molecule has 1 unspecified atom stereocenters. The standard InChI is InChI=1S/C5H10FNO/c6-4(3-8)5(7)1-2-5/h4,8H,1-3,7H2. The highest BCUT2D eigenvalue weighted by molar-refractivity contribution is 5.04. The van der Waals surface area contributed by atoms with Crippen LogP contribution in [0.5, 0.6) is 0 Å². The Hall–Kier alpha value is -0.150. The number of aliphatic hydroxyl groups excluding tert-OH is 1. The summed E-state index contributed by atoms with van der Waals surface area (Å²) in [5.74, 6) is 0. The molecule has 0 amide bonds. The SMILES string of the molecule is NC1(C(F)CO)CC1. The summed E-state index contributed by atoms with van der Waals surface area (Å²) in [5, 5.41) is 8.26. The number of halogens is 1. The third-order valence-corrected chi connectivity index (χ3v) is 1.61. The van der Waals surface area contributed by atoms with Gasteiger partial charge in [-0.05, 0) is 12.8 Å². The average Bonchev–Trinajstić information content (AvgIpc) is 2.47. The highest BCUT2D eigenvalue weighted by Crippen LogP contribution is 2.36. The van der Waals surface area contributed by atoms with Crippen molar-refractivity contribution in [2.45, 2.75) is 24.6 Å². The van der Waals surface area contributed by atoms with Crippen molar-refractivity contribution in [1.29, 1.82) is 0 Å². The molecule has 3 heteroatoms. The third kappa shape index (κ3) is 0.833. The molecule has 1 aliphatic carbocycles. The molecule has 0 aliphatic heterocycles. The van der Waals surface area contributed by atoms with E-state index in [0.717, 1.165) is 0 Å². The van der Waals surface area contributed by atoms with Gasteiger partial charge in [0.05, 0.1) is 6.61 Å². The molecule has 0 saturated heterocycles. The number of alkyl halides is 1. The first-order chi connectivity index (χ1) is 3.69. The van der Waals surface area contributed by atoms with Gasteiger partial charge in [0.2, 0.25) is 0 Å². The van der Waals surface area contributed by atoms with Crippen LogP contribution in [0.2, 0.25) is 0 Å². The maximum Gasteiger partial charge on any atom is 0.141 e. The van der Waals surface area contributed by atoms with Crippen LogP contribution in [0.15, 0.2) is 0 Å². The van der Waals surface area contributed by atoms with Gasteiger partial charge in [0.15, 0.2) is 0 Å². The Labute approximate surface area is 47.5 Å². The Balaban J connectivity index is 2.34. The summed E-state index contributed by atoms with van der Waals surface area (Å²) in [4.78, 5) is 0. The maximum absolute atomic E-state index is 12.3. The molecule has 1 saturated carbocycles. The zero-order valence-electron chi connectivity index (χ0n) is 4.60. The van der Waals surface area contributed by atoms with E-state index in [9.17, 15) is 4.39 Å². The molecule has 0 radical (unpaired) electrons. The molecule has 0 aromatic heterocycles. The van der Waals surface area contributed by atoms with E-state index in [2.05, 4.69) is 0 Å². The van der Waals surface area contributed by atoms with Crippen LogP contribution in [0, 0.1) is 0 Å². The van der Waals surface area contributed by atoms with Gasteiger partial charge in [-0.15, -0.1) is 0 Å². The second-order valence-corrected chi connectivity index (χ2v) is 2.38. The lowest BCUT2D eigenvalue weighted by Crippen LogP contribution is -2.36. The molecule has 1 rings (SSSR count). The molecule has 1 fully saturated rings. The van der Waals surface area contributed by atoms with Gasteiger partial charge in [-0.1, -0.05) is 0 Å². The Bertz CT molecular complexity index is 92.4. The first-order valence-corrected chi connectivity index (χ1v) is 2.73. The van der Waals surface area contributed by atoms with E-state index in [0.29, 0.717) is 12.8 Å². The molecule has 0 bridgehead atoms. The summed E-state index contributed by atoms with van der Waals surface area (Å²) >= 11 is 0. The molecule has 1 aliphatic rings. The van der Waals surface area contributed by atoms with Gasteiger partial charge in [-0.3, -0.25) is 0 Å². The fourth-order valence-corrected chi connectivity index (χ4v) is 0.639. The molecule has 0 aromatic carbocycles. The Kier molecular flexibility index (Phi) is 1.25. The van der Waals surface area contributed by atoms with Gasteiger partial charge in [-0.25, -0.2) is 4.39 Å². The Morgan fingerprint density at radius 3 is 2.38 bits per heavy atom. The molecule has 3 N–H and O–H groups in total. The van der Waals surface area contributed by atoms with Crippen molar-refractivity contribution in [3.8, 4) is 0 Å². The van der Waals surface area contributed by atoms with Crippen LogP contribution in [0.3, 0.4) is 0 Å². The van der Waals surface area contributed by atoms with Crippen LogP contribution in [0.4, 0.5) is 4.39 Å². The van der Waals surface area contributed by atoms with Crippen molar-refractivity contribution in [1.82, 2.24) is 0 Å². The van der Waals surface area contributed by atoms with Gasteiger partial charge in [0.1, 0.15) is 6.17 Å². The molecule has 0 spiro atoms. The average molecular weight is 119 g/mol. The Morgan fingerprint density at radius 1 is 1.75 bits per heavy atom. The van der Waals surface area contributed by atoms with E-state index in [1.54, 1.807) is 0 Å². The zero-order chi connectivity index (χ0) is 6.20. The van der Waals surface area contributed by atoms with Gasteiger partial charge in [0.25, 0.3) is 0 Å². The summed E-state index contributed by atoms with van der Waals surface area (Å²) in [6.45, 7) is -0.434. The van der Waals surface area contributed by atoms with Crippen molar-refractivity contribution in [2.75, 3.05) is 6.61 Å². The van der Waals surface area contributed by atoms with Crippen LogP contribution in [-0.4, -0.2) is 23.4 Å². The fourth-order valence-electron chi connectivity index (χ4n) is 0.639. The minimum absolute atomic E-state index is 0.434. The molecule has 48 valence electrons. The predicted molar refractivity (Wildman–Crippen MR) is 28.1 cm³/mol. The summed E-state index contributed by atoms with van der Waals surface area (Å²) in [7, 11) is 0. The minimum Gasteiger partial charge on any atom is -0.393 e. The summed E-state index contributed by atoms with van der Waals surface area (Å²) < 4.78 is 12.3. The van der Waals surface area contributed by atoms with Crippen molar-refractivity contribution in [3.05, 3.63) is 0 Å². The molecule has 2 nitrogen and oxygen atoms in total. The highest BCUT2D eigenvalue weighted by Gasteiger charge is 2.45. The van der Waals surface area contributed by atoms with E-state index >= 15 is 0 Å². The monoisotopic (exact) mass is 119 g/mol. The van der Waals surface area contributed by atoms with Gasteiger partial charge >= 0.3 is 0 Å². The highest BCUT2D eigenvalue weighted by atomic mass is 19.1. The summed E-state index contributed by atoms with van der Waals surface area (Å²) in [6.07, 6.45) is 0.228. The van der Waals surface area contributed by atoms with Crippen molar-refractivity contribution in [3.63, 3.8) is 0 Å². The molecular formula is C5H10FNO. The van der Waals surface area contributed by atoms with E-state index < -0.39 is 18.3 Å². The Morgan fingerprint density at radius 2 is 2.25 bits per heavy atom. The normalized spacial score (nSPS) is 27.4. The lowest BCUT2D eigenvalue weighted by Gasteiger charge is -2.10. The van der Waals surface area contributed by atoms with Crippen molar-refractivity contribution in [2.24, 2.45) is 5.73 Å². The van der Waals surface area contributed by atoms with Crippen LogP contribution in [0.1, 0.15) is 12.8 Å². The van der Waals surface area contributed by atoms with E-state index in [-0.39, 0.29) is 0 Å². The van der Waals surface area contributed by atoms with Gasteiger partial charge in [-0.2, -0.15) is 0 Å². The molecule has 8 heavy (non-hydrogen) atoms. The van der Waals surface area contributed by atoms with Gasteiger partial charge < -0.3 is 10.8 Å². The van der Waals surface area contributed by atoms with E-state index in [4.69, 9.17) is 10.8 Å². The topological polar surface area (TPSA) is 46.2 Å². The van der Waals surface area contributed by atoms with Crippen LogP contribution in [-0.2, 0) is 0 Å². The van der Waals surface area contributed by atoms with Crippen molar-refractivity contribution < 1.29 is 9.50 Å². The number of aliphatic hydroxyl groups is 1. The maximum atomic E-state index is 12.3. The van der Waals surface area contributed by atoms with Crippen LogP contribution >= 0.6 is 0 Å². The smallest absolute Gasteiger partial charge is 0.141 e. The van der Waals surface area contributed by atoms with E-state index in [1.807, 2.05) is 0 Å². The largest absolute Gasteiger partial charge is 0.393 e. The quantitative estimate of drug-likeness (QED) is 0.529. The van der Waals surface area contributed by atoms with Crippen LogP contribution < -0.4 is 5.73 Å². The first-order valence-electron chi connectivity index (χ1n) is 2.73. The lowest BCUT2D eigenvalue weighted by molar-refractivity contribution is 0.147. The first kappa shape index (κ1) is 5.98. The second kappa shape index (κ2) is 1.67. The molecule has 1 atom stereocenters. The minimum atomic E-state index is -1.21. The number of hydrogen-bond acceptors (Lipinski definition) is 2. The number of hydrogen-bond donors (Lipinski definition) is 2.